The summed E-state index contributed by atoms with van der Waals surface area (Å²) in [5.74, 6) is 0.930. The van der Waals surface area contributed by atoms with Gasteiger partial charge in [-0.05, 0) is 47.0 Å². The van der Waals surface area contributed by atoms with E-state index in [1.807, 2.05) is 4.90 Å². The zero-order valence-electron chi connectivity index (χ0n) is 16.7. The Kier molecular flexibility index (Phi) is 6.31. The maximum absolute atomic E-state index is 11.9. The molecule has 0 atom stereocenters. The highest BCUT2D eigenvalue weighted by Gasteiger charge is 2.30. The first kappa shape index (κ1) is 21.0. The van der Waals surface area contributed by atoms with Crippen molar-refractivity contribution < 1.29 is 14.4 Å². The second kappa shape index (κ2) is 9.29. The first-order valence-corrected chi connectivity index (χ1v) is 10.8. The first-order valence-electron chi connectivity index (χ1n) is 10.0. The summed E-state index contributed by atoms with van der Waals surface area (Å²) in [7, 11) is 0. The van der Waals surface area contributed by atoms with E-state index in [9.17, 15) is 14.4 Å². The standard InChI is InChI=1S/C20H22BrN7O3/c21-15-11-23-19(26-18(15)22-7-3-9-27-8-2-6-16(27)29)25-13-4-1-5-14(10-13)28-17(30)12-24-20(28)31/h1,4-5,10-11H,2-3,6-9,12H2,(H,24,31)(H2,22,23,25,26). The number of nitrogens with zero attached hydrogens (tertiary/aromatic N) is 4. The SMILES string of the molecule is O=C1CCCN1CCCNc1nc(Nc2cccc(N3C(=O)CNC3=O)c2)ncc1Br. The highest BCUT2D eigenvalue weighted by atomic mass is 79.9. The second-order valence-corrected chi connectivity index (χ2v) is 8.07. The Morgan fingerprint density at radius 1 is 1.19 bits per heavy atom. The smallest absolute Gasteiger partial charge is 0.329 e. The van der Waals surface area contributed by atoms with Crippen LogP contribution in [-0.2, 0) is 9.59 Å². The molecule has 2 saturated heterocycles. The largest absolute Gasteiger partial charge is 0.369 e. The predicted octanol–water partition coefficient (Wildman–Crippen LogP) is 2.46. The van der Waals surface area contributed by atoms with E-state index in [4.69, 9.17) is 0 Å². The fourth-order valence-electron chi connectivity index (χ4n) is 3.50. The molecule has 0 aliphatic carbocycles. The number of urea groups is 1. The fourth-order valence-corrected chi connectivity index (χ4v) is 3.84. The molecule has 0 saturated carbocycles. The Labute approximate surface area is 187 Å². The molecule has 2 fully saturated rings. The lowest BCUT2D eigenvalue weighted by Gasteiger charge is -2.16. The lowest BCUT2D eigenvalue weighted by atomic mass is 10.2. The molecule has 0 bridgehead atoms. The van der Waals surface area contributed by atoms with E-state index in [0.29, 0.717) is 36.1 Å². The van der Waals surface area contributed by atoms with Gasteiger partial charge in [0, 0.05) is 37.9 Å². The normalized spacial score (nSPS) is 16.1. The van der Waals surface area contributed by atoms with Crippen molar-refractivity contribution in [3.8, 4) is 0 Å². The van der Waals surface area contributed by atoms with Crippen molar-refractivity contribution in [2.45, 2.75) is 19.3 Å². The van der Waals surface area contributed by atoms with Crippen LogP contribution in [0, 0.1) is 0 Å². The molecule has 10 nitrogen and oxygen atoms in total. The van der Waals surface area contributed by atoms with Crippen molar-refractivity contribution in [1.82, 2.24) is 20.2 Å². The van der Waals surface area contributed by atoms with Crippen LogP contribution in [0.5, 0.6) is 0 Å². The van der Waals surface area contributed by atoms with Crippen LogP contribution in [0.3, 0.4) is 0 Å². The van der Waals surface area contributed by atoms with Crippen LogP contribution in [0.1, 0.15) is 19.3 Å². The van der Waals surface area contributed by atoms with Gasteiger partial charge in [0.25, 0.3) is 5.91 Å². The topological polar surface area (TPSA) is 120 Å². The van der Waals surface area contributed by atoms with Gasteiger partial charge < -0.3 is 20.9 Å². The molecule has 2 aliphatic heterocycles. The molecule has 2 aliphatic rings. The minimum atomic E-state index is -0.441. The van der Waals surface area contributed by atoms with Crippen LogP contribution < -0.4 is 20.9 Å². The van der Waals surface area contributed by atoms with E-state index in [2.05, 4.69) is 41.8 Å². The average molecular weight is 488 g/mol. The summed E-state index contributed by atoms with van der Waals surface area (Å²) in [6.45, 7) is 2.23. The number of carbonyl (C=O) groups excluding carboxylic acids is 3. The van der Waals surface area contributed by atoms with Crippen molar-refractivity contribution in [1.29, 1.82) is 0 Å². The maximum atomic E-state index is 11.9. The van der Waals surface area contributed by atoms with Crippen molar-refractivity contribution in [3.05, 3.63) is 34.9 Å². The fraction of sp³-hybridized carbons (Fsp3) is 0.350. The first-order chi connectivity index (χ1) is 15.0. The number of aromatic nitrogens is 2. The molecule has 1 aromatic heterocycles. The van der Waals surface area contributed by atoms with Gasteiger partial charge in [0.05, 0.1) is 16.7 Å². The molecule has 11 heteroatoms. The van der Waals surface area contributed by atoms with Gasteiger partial charge in [-0.3, -0.25) is 9.59 Å². The van der Waals surface area contributed by atoms with E-state index in [1.165, 1.54) is 0 Å². The predicted molar refractivity (Wildman–Crippen MR) is 119 cm³/mol. The molecule has 4 rings (SSSR count). The van der Waals surface area contributed by atoms with Gasteiger partial charge in [-0.25, -0.2) is 14.7 Å². The number of likely N-dealkylation sites (tertiary alicyclic amines) is 1. The summed E-state index contributed by atoms with van der Waals surface area (Å²) < 4.78 is 0.725. The number of amides is 4. The third kappa shape index (κ3) is 4.93. The Morgan fingerprint density at radius 2 is 2.06 bits per heavy atom. The zero-order chi connectivity index (χ0) is 21.8. The van der Waals surface area contributed by atoms with Crippen molar-refractivity contribution in [2.75, 3.05) is 41.7 Å². The molecule has 0 spiro atoms. The van der Waals surface area contributed by atoms with Crippen LogP contribution in [0.25, 0.3) is 0 Å². The number of nitrogens with one attached hydrogen (secondary N) is 3. The van der Waals surface area contributed by atoms with Crippen molar-refractivity contribution in [3.63, 3.8) is 0 Å². The minimum Gasteiger partial charge on any atom is -0.369 e. The van der Waals surface area contributed by atoms with Gasteiger partial charge in [-0.1, -0.05) is 6.07 Å². The lowest BCUT2D eigenvalue weighted by Crippen LogP contribution is -2.30. The summed E-state index contributed by atoms with van der Waals surface area (Å²) in [6.07, 6.45) is 4.05. The monoisotopic (exact) mass is 487 g/mol. The third-order valence-corrected chi connectivity index (χ3v) is 5.60. The van der Waals surface area contributed by atoms with Gasteiger partial charge in [0.15, 0.2) is 0 Å². The number of anilines is 4. The van der Waals surface area contributed by atoms with Crippen LogP contribution in [0.2, 0.25) is 0 Å². The van der Waals surface area contributed by atoms with Crippen molar-refractivity contribution >= 4 is 56.9 Å². The molecule has 4 amide bonds. The molecular weight excluding hydrogens is 466 g/mol. The molecule has 31 heavy (non-hydrogen) atoms. The number of hydrogen-bond acceptors (Lipinski definition) is 7. The summed E-state index contributed by atoms with van der Waals surface area (Å²) in [5, 5.41) is 8.87. The lowest BCUT2D eigenvalue weighted by molar-refractivity contribution is -0.127. The summed E-state index contributed by atoms with van der Waals surface area (Å²) in [5.41, 5.74) is 1.11. The average Bonchev–Trinajstić information content (AvgIpc) is 3.32. The Bertz CT molecular complexity index is 1000. The second-order valence-electron chi connectivity index (χ2n) is 7.22. The number of hydrogen-bond donors (Lipinski definition) is 3. The molecule has 0 radical (unpaired) electrons. The van der Waals surface area contributed by atoms with E-state index >= 15 is 0 Å². The van der Waals surface area contributed by atoms with E-state index in [-0.39, 0.29) is 18.4 Å². The number of carbonyl (C=O) groups is 3. The van der Waals surface area contributed by atoms with Gasteiger partial charge in [-0.2, -0.15) is 4.98 Å². The molecule has 2 aromatic rings. The highest BCUT2D eigenvalue weighted by Crippen LogP contribution is 2.25. The molecule has 3 heterocycles. The van der Waals surface area contributed by atoms with E-state index < -0.39 is 6.03 Å². The molecule has 0 unspecified atom stereocenters. The van der Waals surface area contributed by atoms with Gasteiger partial charge in [-0.15, -0.1) is 0 Å². The molecule has 1 aromatic carbocycles. The Hall–Kier alpha value is -3.21. The Balaban J connectivity index is 1.38. The maximum Gasteiger partial charge on any atom is 0.329 e. The number of benzene rings is 1. The molecule has 3 N–H and O–H groups in total. The third-order valence-electron chi connectivity index (χ3n) is 5.02. The van der Waals surface area contributed by atoms with Gasteiger partial charge in [0.1, 0.15) is 5.82 Å². The quantitative estimate of drug-likeness (QED) is 0.386. The zero-order valence-corrected chi connectivity index (χ0v) is 18.3. The minimum absolute atomic E-state index is 0.00668. The van der Waals surface area contributed by atoms with E-state index in [0.717, 1.165) is 35.3 Å². The van der Waals surface area contributed by atoms with Gasteiger partial charge in [0.2, 0.25) is 11.9 Å². The van der Waals surface area contributed by atoms with Crippen LogP contribution >= 0.6 is 15.9 Å². The number of rotatable bonds is 8. The molecule has 162 valence electrons. The van der Waals surface area contributed by atoms with Crippen LogP contribution in [0.15, 0.2) is 34.9 Å². The summed E-state index contributed by atoms with van der Waals surface area (Å²) >= 11 is 3.44. The number of halogens is 1. The highest BCUT2D eigenvalue weighted by molar-refractivity contribution is 9.10. The Morgan fingerprint density at radius 3 is 2.81 bits per heavy atom. The van der Waals surface area contributed by atoms with Crippen molar-refractivity contribution in [2.24, 2.45) is 0 Å². The number of imide groups is 1. The summed E-state index contributed by atoms with van der Waals surface area (Å²) in [6, 6.07) is 6.48. The van der Waals surface area contributed by atoms with E-state index in [1.54, 1.807) is 30.5 Å². The summed E-state index contributed by atoms with van der Waals surface area (Å²) in [4.78, 5) is 47.2. The van der Waals surface area contributed by atoms with Gasteiger partial charge >= 0.3 is 6.03 Å². The van der Waals surface area contributed by atoms with Crippen LogP contribution in [0.4, 0.5) is 27.9 Å². The van der Waals surface area contributed by atoms with Crippen LogP contribution in [-0.4, -0.2) is 58.9 Å². The molecular formula is C20H22BrN7O3.